The quantitative estimate of drug-likeness (QED) is 0.229. The van der Waals surface area contributed by atoms with Gasteiger partial charge in [0.15, 0.2) is 6.29 Å². The highest BCUT2D eigenvalue weighted by atomic mass is 28.4. The Hall–Kier alpha value is -0.193. The van der Waals surface area contributed by atoms with Crippen LogP contribution in [0.25, 0.3) is 0 Å². The topological polar surface area (TPSA) is 38.8 Å². The van der Waals surface area contributed by atoms with E-state index in [1.165, 1.54) is 12.8 Å². The number of epoxide rings is 1. The van der Waals surface area contributed by atoms with Gasteiger partial charge in [0.05, 0.1) is 6.10 Å². The summed E-state index contributed by atoms with van der Waals surface area (Å²) in [6.07, 6.45) is 5.40. The summed E-state index contributed by atoms with van der Waals surface area (Å²) in [6, 6.07) is 0. The van der Waals surface area contributed by atoms with Crippen molar-refractivity contribution in [2.24, 2.45) is 0 Å². The third-order valence-electron chi connectivity index (χ3n) is 5.22. The number of hydrogen-bond donors (Lipinski definition) is 0. The molecule has 3 nitrogen and oxygen atoms in total. The van der Waals surface area contributed by atoms with Crippen LogP contribution in [0.3, 0.4) is 0 Å². The van der Waals surface area contributed by atoms with E-state index in [1.54, 1.807) is 0 Å². The van der Waals surface area contributed by atoms with Crippen molar-refractivity contribution in [2.75, 3.05) is 0 Å². The first-order valence-electron chi connectivity index (χ1n) is 9.09. The number of carbonyl (C=O) groups is 1. The lowest BCUT2D eigenvalue weighted by atomic mass is 10.1. The van der Waals surface area contributed by atoms with Crippen LogP contribution in [-0.4, -0.2) is 32.9 Å². The minimum atomic E-state index is -1.91. The predicted octanol–water partition coefficient (Wildman–Crippen LogP) is 5.09. The van der Waals surface area contributed by atoms with Crippen molar-refractivity contribution in [2.45, 2.75) is 109 Å². The van der Waals surface area contributed by atoms with Crippen LogP contribution in [0.4, 0.5) is 0 Å². The molecule has 0 radical (unpaired) electrons. The molecule has 0 amide bonds. The molecule has 0 aliphatic carbocycles. The van der Waals surface area contributed by atoms with Gasteiger partial charge in [-0.3, -0.25) is 0 Å². The Kier molecular flexibility index (Phi) is 7.76. The van der Waals surface area contributed by atoms with Gasteiger partial charge >= 0.3 is 0 Å². The Morgan fingerprint density at radius 3 is 1.95 bits per heavy atom. The lowest BCUT2D eigenvalue weighted by Crippen LogP contribution is -2.51. The van der Waals surface area contributed by atoms with Gasteiger partial charge in [0.1, 0.15) is 12.2 Å². The molecule has 1 unspecified atom stereocenters. The normalized spacial score (nSPS) is 23.4. The van der Waals surface area contributed by atoms with Gasteiger partial charge in [-0.15, -0.1) is 0 Å². The molecule has 0 bridgehead atoms. The first kappa shape index (κ1) is 19.9. The van der Waals surface area contributed by atoms with Crippen molar-refractivity contribution in [1.29, 1.82) is 0 Å². The van der Waals surface area contributed by atoms with Gasteiger partial charge in [0.2, 0.25) is 8.32 Å². The molecule has 1 aliphatic heterocycles. The Balaban J connectivity index is 2.89. The van der Waals surface area contributed by atoms with Crippen molar-refractivity contribution in [3.8, 4) is 0 Å². The minimum Gasteiger partial charge on any atom is -0.410 e. The van der Waals surface area contributed by atoms with E-state index in [1.807, 2.05) is 0 Å². The molecular formula is C18H36O3Si. The lowest BCUT2D eigenvalue weighted by Gasteiger charge is -2.44. The van der Waals surface area contributed by atoms with E-state index >= 15 is 0 Å². The fourth-order valence-corrected chi connectivity index (χ4v) is 9.69. The van der Waals surface area contributed by atoms with E-state index in [-0.39, 0.29) is 18.3 Å². The van der Waals surface area contributed by atoms with Crippen LogP contribution < -0.4 is 0 Å². The van der Waals surface area contributed by atoms with Crippen molar-refractivity contribution in [3.05, 3.63) is 0 Å². The molecule has 3 atom stereocenters. The van der Waals surface area contributed by atoms with Crippen molar-refractivity contribution in [3.63, 3.8) is 0 Å². The minimum absolute atomic E-state index is 0.00233. The fourth-order valence-electron chi connectivity index (χ4n) is 4.10. The van der Waals surface area contributed by atoms with Gasteiger partial charge in [-0.2, -0.15) is 0 Å². The third kappa shape index (κ3) is 4.42. The molecule has 0 aromatic heterocycles. The smallest absolute Gasteiger partial charge is 0.200 e. The molecule has 0 spiro atoms. The second-order valence-corrected chi connectivity index (χ2v) is 13.1. The molecule has 1 saturated heterocycles. The summed E-state index contributed by atoms with van der Waals surface area (Å²) in [7, 11) is -1.91. The highest BCUT2D eigenvalue weighted by molar-refractivity contribution is 6.77. The monoisotopic (exact) mass is 328 g/mol. The average Bonchev–Trinajstić information content (AvgIpc) is 3.21. The van der Waals surface area contributed by atoms with E-state index in [0.717, 1.165) is 19.1 Å². The van der Waals surface area contributed by atoms with E-state index in [0.29, 0.717) is 16.6 Å². The number of ether oxygens (including phenoxy) is 1. The molecule has 130 valence electrons. The van der Waals surface area contributed by atoms with Gasteiger partial charge in [-0.25, -0.2) is 0 Å². The number of aldehydes is 1. The standard InChI is InChI=1S/C18H36O3Si/c1-8-9-10-11-16(18-17(12-19)20-18)21-22(13(2)3,14(4)5)15(6)7/h12-18H,8-11H2,1-7H3/t16-,17-,18?/m0/s1. The summed E-state index contributed by atoms with van der Waals surface area (Å²) in [6.45, 7) is 16.1. The Bertz CT molecular complexity index is 319. The summed E-state index contributed by atoms with van der Waals surface area (Å²) in [5.41, 5.74) is 1.69. The highest BCUT2D eigenvalue weighted by Crippen LogP contribution is 2.45. The van der Waals surface area contributed by atoms with E-state index in [9.17, 15) is 4.79 Å². The maximum absolute atomic E-state index is 11.0. The average molecular weight is 329 g/mol. The lowest BCUT2D eigenvalue weighted by molar-refractivity contribution is -0.108. The van der Waals surface area contributed by atoms with Gasteiger partial charge in [0.25, 0.3) is 0 Å². The maximum atomic E-state index is 11.0. The summed E-state index contributed by atoms with van der Waals surface area (Å²) >= 11 is 0. The first-order chi connectivity index (χ1) is 10.3. The van der Waals surface area contributed by atoms with Crippen LogP contribution in [0.2, 0.25) is 16.6 Å². The van der Waals surface area contributed by atoms with Crippen LogP contribution in [0.5, 0.6) is 0 Å². The Morgan fingerprint density at radius 2 is 1.59 bits per heavy atom. The molecule has 1 rings (SSSR count). The van der Waals surface area contributed by atoms with Crippen LogP contribution >= 0.6 is 0 Å². The molecule has 1 fully saturated rings. The van der Waals surface area contributed by atoms with Crippen LogP contribution in [0.1, 0.15) is 74.1 Å². The van der Waals surface area contributed by atoms with E-state index < -0.39 is 8.32 Å². The van der Waals surface area contributed by atoms with Crippen molar-refractivity contribution in [1.82, 2.24) is 0 Å². The molecule has 0 aromatic carbocycles. The van der Waals surface area contributed by atoms with Crippen LogP contribution in [-0.2, 0) is 14.0 Å². The summed E-state index contributed by atoms with van der Waals surface area (Å²) in [5, 5.41) is 0. The van der Waals surface area contributed by atoms with Crippen LogP contribution in [0, 0.1) is 0 Å². The first-order valence-corrected chi connectivity index (χ1v) is 11.2. The largest absolute Gasteiger partial charge is 0.410 e. The Morgan fingerprint density at radius 1 is 1.05 bits per heavy atom. The van der Waals surface area contributed by atoms with Gasteiger partial charge in [-0.1, -0.05) is 67.7 Å². The molecule has 0 saturated carbocycles. The predicted molar refractivity (Wildman–Crippen MR) is 94.8 cm³/mol. The number of carbonyl (C=O) groups excluding carboxylic acids is 1. The van der Waals surface area contributed by atoms with Gasteiger partial charge in [0, 0.05) is 0 Å². The summed E-state index contributed by atoms with van der Waals surface area (Å²) in [5.74, 6) is 0. The van der Waals surface area contributed by atoms with Crippen molar-refractivity contribution >= 4 is 14.6 Å². The number of rotatable bonds is 11. The zero-order chi connectivity index (χ0) is 16.9. The maximum Gasteiger partial charge on any atom is 0.200 e. The Labute approximate surface area is 138 Å². The molecule has 0 N–H and O–H groups in total. The second-order valence-electron chi connectivity index (χ2n) is 7.67. The molecule has 0 aromatic rings. The SMILES string of the molecule is CCCCC[C@H](O[Si](C(C)C)(C(C)C)C(C)C)C1O[C@H]1C=O. The molecular weight excluding hydrogens is 292 g/mol. The molecule has 1 aliphatic rings. The highest BCUT2D eigenvalue weighted by Gasteiger charge is 2.52. The summed E-state index contributed by atoms with van der Waals surface area (Å²) in [4.78, 5) is 11.0. The van der Waals surface area contributed by atoms with Gasteiger partial charge < -0.3 is 14.0 Å². The third-order valence-corrected chi connectivity index (χ3v) is 11.3. The zero-order valence-corrected chi connectivity index (χ0v) is 16.6. The van der Waals surface area contributed by atoms with Crippen LogP contribution in [0.15, 0.2) is 0 Å². The fraction of sp³-hybridized carbons (Fsp3) is 0.944. The molecule has 22 heavy (non-hydrogen) atoms. The van der Waals surface area contributed by atoms with Gasteiger partial charge in [-0.05, 0) is 23.0 Å². The van der Waals surface area contributed by atoms with Crippen molar-refractivity contribution < 1.29 is 14.0 Å². The molecule has 1 heterocycles. The number of hydrogen-bond acceptors (Lipinski definition) is 3. The zero-order valence-electron chi connectivity index (χ0n) is 15.6. The summed E-state index contributed by atoms with van der Waals surface area (Å²) < 4.78 is 12.5. The van der Waals surface area contributed by atoms with E-state index in [4.69, 9.17) is 9.16 Å². The number of unbranched alkanes of at least 4 members (excludes halogenated alkanes) is 2. The second kappa shape index (κ2) is 8.60. The van der Waals surface area contributed by atoms with E-state index in [2.05, 4.69) is 48.5 Å². The molecule has 4 heteroatoms.